The summed E-state index contributed by atoms with van der Waals surface area (Å²) < 4.78 is 5.55. The highest BCUT2D eigenvalue weighted by Gasteiger charge is 2.08. The maximum Gasteiger partial charge on any atom is 0.134 e. The molecule has 0 aliphatic heterocycles. The summed E-state index contributed by atoms with van der Waals surface area (Å²) in [5.74, 6) is 0. The van der Waals surface area contributed by atoms with E-state index in [9.17, 15) is 0 Å². The van der Waals surface area contributed by atoms with Crippen molar-refractivity contribution in [2.24, 2.45) is 0 Å². The Morgan fingerprint density at radius 3 is 2.65 bits per heavy atom. The standard InChI is InChI=1S/C17H16ClNO/c1-12(13-6-8-15(18)9-7-13)19-10-14-11-20-17-5-3-2-4-16(14)17/h2-9,11-12,19H,10H2,1H3. The topological polar surface area (TPSA) is 25.2 Å². The molecular weight excluding hydrogens is 270 g/mol. The van der Waals surface area contributed by atoms with Gasteiger partial charge in [-0.25, -0.2) is 0 Å². The number of benzene rings is 2. The van der Waals surface area contributed by atoms with Crippen LogP contribution in [0.25, 0.3) is 11.0 Å². The fraction of sp³-hybridized carbons (Fsp3) is 0.176. The summed E-state index contributed by atoms with van der Waals surface area (Å²) in [5, 5.41) is 5.45. The first-order chi connectivity index (χ1) is 9.74. The zero-order valence-electron chi connectivity index (χ0n) is 11.3. The van der Waals surface area contributed by atoms with Crippen LogP contribution in [-0.4, -0.2) is 0 Å². The molecular formula is C17H16ClNO. The number of nitrogens with one attached hydrogen (secondary N) is 1. The van der Waals surface area contributed by atoms with Crippen LogP contribution >= 0.6 is 11.6 Å². The monoisotopic (exact) mass is 285 g/mol. The smallest absolute Gasteiger partial charge is 0.134 e. The minimum absolute atomic E-state index is 0.265. The van der Waals surface area contributed by atoms with Crippen molar-refractivity contribution in [3.63, 3.8) is 0 Å². The average Bonchev–Trinajstić information content (AvgIpc) is 2.89. The van der Waals surface area contributed by atoms with Crippen LogP contribution in [0.1, 0.15) is 24.1 Å². The maximum absolute atomic E-state index is 5.91. The molecule has 0 saturated carbocycles. The fourth-order valence-electron chi connectivity index (χ4n) is 2.30. The first-order valence-corrected chi connectivity index (χ1v) is 7.06. The lowest BCUT2D eigenvalue weighted by Gasteiger charge is -2.13. The van der Waals surface area contributed by atoms with Crippen molar-refractivity contribution >= 4 is 22.6 Å². The molecule has 3 heteroatoms. The number of hydrogen-bond donors (Lipinski definition) is 1. The molecule has 0 amide bonds. The molecule has 1 N–H and O–H groups in total. The largest absolute Gasteiger partial charge is 0.464 e. The molecule has 0 radical (unpaired) electrons. The van der Waals surface area contributed by atoms with Gasteiger partial charge in [0.1, 0.15) is 5.58 Å². The molecule has 0 aliphatic carbocycles. The predicted octanol–water partition coefficient (Wildman–Crippen LogP) is 4.94. The van der Waals surface area contributed by atoms with E-state index >= 15 is 0 Å². The molecule has 1 atom stereocenters. The Hall–Kier alpha value is -1.77. The van der Waals surface area contributed by atoms with E-state index in [1.807, 2.05) is 48.7 Å². The fourth-order valence-corrected chi connectivity index (χ4v) is 2.43. The minimum Gasteiger partial charge on any atom is -0.464 e. The minimum atomic E-state index is 0.265. The Labute approximate surface area is 123 Å². The first-order valence-electron chi connectivity index (χ1n) is 6.68. The Morgan fingerprint density at radius 1 is 1.10 bits per heavy atom. The molecule has 102 valence electrons. The molecule has 2 nitrogen and oxygen atoms in total. The van der Waals surface area contributed by atoms with Gasteiger partial charge in [-0.1, -0.05) is 41.9 Å². The number of rotatable bonds is 4. The molecule has 1 aromatic heterocycles. The van der Waals surface area contributed by atoms with Gasteiger partial charge in [-0.15, -0.1) is 0 Å². The lowest BCUT2D eigenvalue weighted by atomic mass is 10.1. The van der Waals surface area contributed by atoms with E-state index in [0.717, 1.165) is 17.2 Å². The summed E-state index contributed by atoms with van der Waals surface area (Å²) in [6.07, 6.45) is 1.83. The van der Waals surface area contributed by atoms with Gasteiger partial charge in [0.05, 0.1) is 6.26 Å². The molecule has 0 fully saturated rings. The highest BCUT2D eigenvalue weighted by atomic mass is 35.5. The van der Waals surface area contributed by atoms with Gasteiger partial charge in [-0.2, -0.15) is 0 Å². The summed E-state index contributed by atoms with van der Waals surface area (Å²) in [6.45, 7) is 2.92. The van der Waals surface area contributed by atoms with Gasteiger partial charge in [0.25, 0.3) is 0 Å². The van der Waals surface area contributed by atoms with E-state index in [-0.39, 0.29) is 6.04 Å². The zero-order chi connectivity index (χ0) is 13.9. The molecule has 1 unspecified atom stereocenters. The maximum atomic E-state index is 5.91. The third-order valence-corrected chi connectivity index (χ3v) is 3.78. The number of hydrogen-bond acceptors (Lipinski definition) is 2. The van der Waals surface area contributed by atoms with Gasteiger partial charge >= 0.3 is 0 Å². The van der Waals surface area contributed by atoms with Crippen molar-refractivity contribution in [2.45, 2.75) is 19.5 Å². The van der Waals surface area contributed by atoms with Crippen LogP contribution < -0.4 is 5.32 Å². The van der Waals surface area contributed by atoms with Crippen molar-refractivity contribution in [1.29, 1.82) is 0 Å². The van der Waals surface area contributed by atoms with Crippen LogP contribution in [0.5, 0.6) is 0 Å². The van der Waals surface area contributed by atoms with Crippen LogP contribution in [-0.2, 0) is 6.54 Å². The molecule has 0 bridgehead atoms. The second-order valence-corrected chi connectivity index (χ2v) is 5.35. The lowest BCUT2D eigenvalue weighted by Crippen LogP contribution is -2.17. The van der Waals surface area contributed by atoms with Crippen molar-refractivity contribution in [3.05, 3.63) is 70.9 Å². The van der Waals surface area contributed by atoms with Crippen LogP contribution in [0.2, 0.25) is 5.02 Å². The van der Waals surface area contributed by atoms with E-state index in [1.54, 1.807) is 0 Å². The van der Waals surface area contributed by atoms with Crippen molar-refractivity contribution < 1.29 is 4.42 Å². The average molecular weight is 286 g/mol. The van der Waals surface area contributed by atoms with E-state index in [0.29, 0.717) is 0 Å². The van der Waals surface area contributed by atoms with Crippen LogP contribution in [0, 0.1) is 0 Å². The molecule has 1 heterocycles. The summed E-state index contributed by atoms with van der Waals surface area (Å²) >= 11 is 5.91. The quantitative estimate of drug-likeness (QED) is 0.735. The molecule has 3 rings (SSSR count). The number of halogens is 1. The van der Waals surface area contributed by atoms with Crippen LogP contribution in [0.15, 0.2) is 59.2 Å². The highest BCUT2D eigenvalue weighted by Crippen LogP contribution is 2.22. The summed E-state index contributed by atoms with van der Waals surface area (Å²) in [6, 6.07) is 16.3. The van der Waals surface area contributed by atoms with E-state index in [2.05, 4.69) is 18.3 Å². The summed E-state index contributed by atoms with van der Waals surface area (Å²) in [7, 11) is 0. The van der Waals surface area contributed by atoms with E-state index < -0.39 is 0 Å². The lowest BCUT2D eigenvalue weighted by molar-refractivity contribution is 0.562. The Bertz CT molecular complexity index is 702. The Kier molecular flexibility index (Phi) is 3.77. The van der Waals surface area contributed by atoms with Gasteiger partial charge in [0.2, 0.25) is 0 Å². The number of para-hydroxylation sites is 1. The van der Waals surface area contributed by atoms with E-state index in [1.165, 1.54) is 16.5 Å². The van der Waals surface area contributed by atoms with Gasteiger partial charge in [-0.05, 0) is 30.7 Å². The zero-order valence-corrected chi connectivity index (χ0v) is 12.0. The second-order valence-electron chi connectivity index (χ2n) is 4.91. The summed E-state index contributed by atoms with van der Waals surface area (Å²) in [5.41, 5.74) is 3.34. The van der Waals surface area contributed by atoms with Crippen LogP contribution in [0.4, 0.5) is 0 Å². The van der Waals surface area contributed by atoms with Gasteiger partial charge in [0, 0.05) is 28.6 Å². The van der Waals surface area contributed by atoms with Crippen molar-refractivity contribution in [2.75, 3.05) is 0 Å². The Morgan fingerprint density at radius 2 is 1.85 bits per heavy atom. The predicted molar refractivity (Wildman–Crippen MR) is 82.9 cm³/mol. The third-order valence-electron chi connectivity index (χ3n) is 3.53. The second kappa shape index (κ2) is 5.70. The molecule has 0 spiro atoms. The molecule has 3 aromatic rings. The molecule has 0 aliphatic rings. The third kappa shape index (κ3) is 2.72. The van der Waals surface area contributed by atoms with E-state index in [4.69, 9.17) is 16.0 Å². The van der Waals surface area contributed by atoms with Gasteiger partial charge in [0.15, 0.2) is 0 Å². The number of furan rings is 1. The van der Waals surface area contributed by atoms with Gasteiger partial charge in [-0.3, -0.25) is 0 Å². The number of fused-ring (bicyclic) bond motifs is 1. The van der Waals surface area contributed by atoms with Gasteiger partial charge < -0.3 is 9.73 Å². The molecule has 2 aromatic carbocycles. The first kappa shape index (κ1) is 13.2. The van der Waals surface area contributed by atoms with Crippen molar-refractivity contribution in [3.8, 4) is 0 Å². The highest BCUT2D eigenvalue weighted by molar-refractivity contribution is 6.30. The SMILES string of the molecule is CC(NCc1coc2ccccc12)c1ccc(Cl)cc1. The molecule has 20 heavy (non-hydrogen) atoms. The summed E-state index contributed by atoms with van der Waals surface area (Å²) in [4.78, 5) is 0. The normalized spacial score (nSPS) is 12.7. The Balaban J connectivity index is 1.71. The van der Waals surface area contributed by atoms with Crippen molar-refractivity contribution in [1.82, 2.24) is 5.32 Å². The van der Waals surface area contributed by atoms with Crippen LogP contribution in [0.3, 0.4) is 0 Å². The molecule has 0 saturated heterocycles.